The zero-order chi connectivity index (χ0) is 25.5. The Kier molecular flexibility index (Phi) is 6.46. The molecule has 0 radical (unpaired) electrons. The van der Waals surface area contributed by atoms with Gasteiger partial charge in [0.1, 0.15) is 18.0 Å². The van der Waals surface area contributed by atoms with Gasteiger partial charge >= 0.3 is 11.6 Å². The molecule has 0 aliphatic carbocycles. The zero-order valence-electron chi connectivity index (χ0n) is 18.5. The summed E-state index contributed by atoms with van der Waals surface area (Å²) in [7, 11) is 0. The van der Waals surface area contributed by atoms with Crippen molar-refractivity contribution in [3.8, 4) is 11.1 Å². The number of benzene rings is 2. The Balaban J connectivity index is 1.88. The molecule has 2 aromatic carbocycles. The van der Waals surface area contributed by atoms with Crippen molar-refractivity contribution >= 4 is 0 Å². The number of aliphatic hydroxyl groups excluding tert-OH is 2. The van der Waals surface area contributed by atoms with E-state index in [1.165, 1.54) is 18.2 Å². The van der Waals surface area contributed by atoms with Gasteiger partial charge in [-0.15, -0.1) is 5.06 Å². The van der Waals surface area contributed by atoms with Crippen LogP contribution in [-0.4, -0.2) is 64.8 Å². The van der Waals surface area contributed by atoms with Crippen LogP contribution in [0, 0.1) is 12.7 Å². The van der Waals surface area contributed by atoms with Gasteiger partial charge in [0.15, 0.2) is 0 Å². The molecule has 35 heavy (non-hydrogen) atoms. The molecule has 12 heteroatoms. The summed E-state index contributed by atoms with van der Waals surface area (Å²) in [5.74, 6) is -4.05. The number of nitrogens with zero attached hydrogens (tertiary/aromatic N) is 2. The van der Waals surface area contributed by atoms with Crippen molar-refractivity contribution in [2.45, 2.75) is 37.3 Å². The van der Waals surface area contributed by atoms with Crippen LogP contribution in [0.1, 0.15) is 11.1 Å². The van der Waals surface area contributed by atoms with Gasteiger partial charge in [0.25, 0.3) is 5.56 Å². The Morgan fingerprint density at radius 1 is 1.14 bits per heavy atom. The fourth-order valence-electron chi connectivity index (χ4n) is 4.18. The summed E-state index contributed by atoms with van der Waals surface area (Å²) in [6.07, 6.45) is -3.06. The van der Waals surface area contributed by atoms with Gasteiger partial charge in [-0.05, 0) is 18.6 Å². The summed E-state index contributed by atoms with van der Waals surface area (Å²) >= 11 is 0. The molecule has 3 aromatic rings. The third-order valence-corrected chi connectivity index (χ3v) is 5.98. The molecule has 1 aliphatic heterocycles. The minimum absolute atomic E-state index is 0.169. The SMILES string of the molecule is Cc1cccc(CN(O)[C@@]2(O)[C@H](O)[C@@H](CO)O[C@]2(O)n2cc(-c3ccccc3F)c(=O)[nH]c2=O)c1. The van der Waals surface area contributed by atoms with Gasteiger partial charge in [0.05, 0.1) is 18.7 Å². The zero-order valence-corrected chi connectivity index (χ0v) is 18.5. The maximum Gasteiger partial charge on any atom is 0.332 e. The second-order valence-electron chi connectivity index (χ2n) is 8.32. The molecule has 1 saturated heterocycles. The van der Waals surface area contributed by atoms with E-state index in [1.807, 2.05) is 4.98 Å². The molecule has 11 nitrogen and oxygen atoms in total. The average molecular weight is 489 g/mol. The van der Waals surface area contributed by atoms with E-state index >= 15 is 0 Å². The summed E-state index contributed by atoms with van der Waals surface area (Å²) < 4.78 is 20.0. The molecule has 4 atom stereocenters. The molecule has 4 rings (SSSR count). The molecule has 0 bridgehead atoms. The molecule has 0 saturated carbocycles. The number of hydrogen-bond donors (Lipinski definition) is 6. The van der Waals surface area contributed by atoms with E-state index in [1.54, 1.807) is 31.2 Å². The van der Waals surface area contributed by atoms with Crippen molar-refractivity contribution in [1.29, 1.82) is 0 Å². The Bertz CT molecular complexity index is 1360. The second-order valence-corrected chi connectivity index (χ2v) is 8.32. The first-order valence-corrected chi connectivity index (χ1v) is 10.6. The number of aliphatic hydroxyl groups is 4. The Hall–Kier alpha value is -3.23. The minimum atomic E-state index is -3.24. The topological polar surface area (TPSA) is 168 Å². The van der Waals surface area contributed by atoms with Gasteiger partial charge in [-0.2, -0.15) is 0 Å². The quantitative estimate of drug-likeness (QED) is 0.199. The van der Waals surface area contributed by atoms with Gasteiger partial charge in [0, 0.05) is 11.8 Å². The first-order valence-electron chi connectivity index (χ1n) is 10.6. The van der Waals surface area contributed by atoms with Crippen molar-refractivity contribution in [3.63, 3.8) is 0 Å². The number of aromatic nitrogens is 2. The van der Waals surface area contributed by atoms with Crippen LogP contribution in [0.25, 0.3) is 11.1 Å². The Morgan fingerprint density at radius 2 is 1.86 bits per heavy atom. The number of ether oxygens (including phenoxy) is 1. The average Bonchev–Trinajstić information content (AvgIpc) is 3.02. The van der Waals surface area contributed by atoms with Crippen LogP contribution in [0.15, 0.2) is 64.3 Å². The van der Waals surface area contributed by atoms with E-state index in [2.05, 4.69) is 0 Å². The second kappa shape index (κ2) is 9.09. The number of rotatable bonds is 6. The largest absolute Gasteiger partial charge is 0.394 e. The summed E-state index contributed by atoms with van der Waals surface area (Å²) in [5.41, 5.74) is -4.78. The predicted octanol–water partition coefficient (Wildman–Crippen LogP) is -0.414. The van der Waals surface area contributed by atoms with Gasteiger partial charge in [-0.25, -0.2) is 13.8 Å². The van der Waals surface area contributed by atoms with Crippen LogP contribution >= 0.6 is 0 Å². The van der Waals surface area contributed by atoms with E-state index in [4.69, 9.17) is 4.74 Å². The molecular weight excluding hydrogens is 465 g/mol. The number of hydroxylamine groups is 2. The van der Waals surface area contributed by atoms with Gasteiger partial charge < -0.3 is 30.4 Å². The fourth-order valence-corrected chi connectivity index (χ4v) is 4.18. The van der Waals surface area contributed by atoms with Crippen LogP contribution in [-0.2, 0) is 17.2 Å². The van der Waals surface area contributed by atoms with Crippen LogP contribution in [0.3, 0.4) is 0 Å². The maximum absolute atomic E-state index is 14.4. The lowest BCUT2D eigenvalue weighted by Gasteiger charge is -2.42. The number of aryl methyl sites for hydroxylation is 1. The van der Waals surface area contributed by atoms with Crippen LogP contribution in [0.2, 0.25) is 0 Å². The normalized spacial score (nSPS) is 26.4. The summed E-state index contributed by atoms with van der Waals surface area (Å²) in [5, 5.41) is 54.3. The molecule has 1 fully saturated rings. The molecule has 186 valence electrons. The maximum atomic E-state index is 14.4. The Morgan fingerprint density at radius 3 is 2.51 bits per heavy atom. The molecule has 1 aliphatic rings. The molecule has 0 spiro atoms. The summed E-state index contributed by atoms with van der Waals surface area (Å²) in [4.78, 5) is 27.1. The van der Waals surface area contributed by atoms with Gasteiger partial charge in [-0.1, -0.05) is 48.0 Å². The van der Waals surface area contributed by atoms with Crippen molar-refractivity contribution in [2.75, 3.05) is 6.61 Å². The van der Waals surface area contributed by atoms with E-state index in [0.29, 0.717) is 10.1 Å². The van der Waals surface area contributed by atoms with Crippen molar-refractivity contribution in [3.05, 3.63) is 92.5 Å². The number of aromatic amines is 1. The number of nitrogens with one attached hydrogen (secondary N) is 1. The third kappa shape index (κ3) is 4.00. The highest BCUT2D eigenvalue weighted by molar-refractivity contribution is 5.62. The van der Waals surface area contributed by atoms with Gasteiger partial charge in [-0.3, -0.25) is 9.78 Å². The molecule has 0 unspecified atom stereocenters. The standard InChI is InChI=1S/C23H24FN3O8/c1-13-5-4-6-14(9-13)10-27(34)22(32)19(29)18(12-28)35-23(22,33)26-11-16(20(30)25-21(26)31)15-7-2-3-8-17(15)24/h2-9,11,18-19,28-29,32-34H,10,12H2,1H3,(H,25,30,31)/t18-,19-,22-,23+/m1/s1. The lowest BCUT2D eigenvalue weighted by Crippen LogP contribution is -2.68. The number of H-pyrrole nitrogens is 1. The molecule has 2 heterocycles. The van der Waals surface area contributed by atoms with Crippen molar-refractivity contribution < 1.29 is 34.8 Å². The van der Waals surface area contributed by atoms with Crippen LogP contribution in [0.4, 0.5) is 4.39 Å². The summed E-state index contributed by atoms with van der Waals surface area (Å²) in [6, 6.07) is 11.9. The van der Waals surface area contributed by atoms with E-state index in [9.17, 15) is 39.6 Å². The molecular formula is C23H24FN3O8. The van der Waals surface area contributed by atoms with E-state index < -0.39 is 59.6 Å². The highest BCUT2D eigenvalue weighted by Gasteiger charge is 2.70. The highest BCUT2D eigenvalue weighted by atomic mass is 19.1. The minimum Gasteiger partial charge on any atom is -0.394 e. The lowest BCUT2D eigenvalue weighted by atomic mass is 9.99. The number of hydrogen-bond acceptors (Lipinski definition) is 9. The lowest BCUT2D eigenvalue weighted by molar-refractivity contribution is -0.413. The van der Waals surface area contributed by atoms with Crippen LogP contribution in [0.5, 0.6) is 0 Å². The monoisotopic (exact) mass is 489 g/mol. The van der Waals surface area contributed by atoms with Crippen molar-refractivity contribution in [2.24, 2.45) is 0 Å². The molecule has 0 amide bonds. The van der Waals surface area contributed by atoms with Crippen LogP contribution < -0.4 is 11.2 Å². The predicted molar refractivity (Wildman–Crippen MR) is 118 cm³/mol. The van der Waals surface area contributed by atoms with Crippen molar-refractivity contribution in [1.82, 2.24) is 14.6 Å². The Labute approximate surface area is 197 Å². The first kappa shape index (κ1) is 24.9. The van der Waals surface area contributed by atoms with E-state index in [0.717, 1.165) is 17.8 Å². The number of halogens is 1. The summed E-state index contributed by atoms with van der Waals surface area (Å²) in [6.45, 7) is 0.426. The fraction of sp³-hybridized carbons (Fsp3) is 0.304. The first-order chi connectivity index (χ1) is 16.5. The smallest absolute Gasteiger partial charge is 0.332 e. The van der Waals surface area contributed by atoms with E-state index in [-0.39, 0.29) is 10.6 Å². The molecule has 1 aromatic heterocycles. The third-order valence-electron chi connectivity index (χ3n) is 5.98. The van der Waals surface area contributed by atoms with Gasteiger partial charge in [0.2, 0.25) is 5.72 Å². The highest BCUT2D eigenvalue weighted by Crippen LogP contribution is 2.43. The molecule has 6 N–H and O–H groups in total.